The lowest BCUT2D eigenvalue weighted by Gasteiger charge is -2.09. The minimum Gasteiger partial charge on any atom is -0.497 e. The van der Waals surface area contributed by atoms with Crippen molar-refractivity contribution in [3.63, 3.8) is 0 Å². The number of amides is 1. The average Bonchev–Trinajstić information content (AvgIpc) is 3.35. The number of hydrogen-bond acceptors (Lipinski definition) is 6. The van der Waals surface area contributed by atoms with Gasteiger partial charge in [0.1, 0.15) is 11.4 Å². The third-order valence-corrected chi connectivity index (χ3v) is 7.86. The van der Waals surface area contributed by atoms with Gasteiger partial charge in [-0.3, -0.25) is 4.79 Å². The molecule has 0 atom stereocenters. The lowest BCUT2D eigenvalue weighted by Crippen LogP contribution is -2.16. The summed E-state index contributed by atoms with van der Waals surface area (Å²) in [7, 11) is -1.86. The number of methoxy groups -OCH3 is 1. The van der Waals surface area contributed by atoms with E-state index in [9.17, 15) is 13.2 Å². The zero-order valence-corrected chi connectivity index (χ0v) is 20.1. The Hall–Kier alpha value is -3.56. The number of rotatable bonds is 6. The van der Waals surface area contributed by atoms with Gasteiger partial charge in [-0.2, -0.15) is 0 Å². The van der Waals surface area contributed by atoms with Gasteiger partial charge in [0.25, 0.3) is 0 Å². The molecule has 34 heavy (non-hydrogen) atoms. The van der Waals surface area contributed by atoms with Gasteiger partial charge in [-0.25, -0.2) is 13.4 Å². The Morgan fingerprint density at radius 2 is 1.91 bits per heavy atom. The number of hydrogen-bond donors (Lipinski definition) is 1. The van der Waals surface area contributed by atoms with Crippen LogP contribution in [0.1, 0.15) is 11.3 Å². The molecule has 0 saturated carbocycles. The molecular formula is C25H21N3O4S2. The van der Waals surface area contributed by atoms with Crippen LogP contribution in [0.2, 0.25) is 0 Å². The summed E-state index contributed by atoms with van der Waals surface area (Å²) in [6.07, 6.45) is 5.45. The molecule has 0 saturated heterocycles. The van der Waals surface area contributed by atoms with Crippen molar-refractivity contribution < 1.29 is 17.9 Å². The first kappa shape index (κ1) is 22.2. The van der Waals surface area contributed by atoms with Crippen molar-refractivity contribution in [1.82, 2.24) is 9.38 Å². The molecule has 0 radical (unpaired) electrons. The Bertz CT molecular complexity index is 1560. The zero-order chi connectivity index (χ0) is 23.9. The number of benzene rings is 2. The van der Waals surface area contributed by atoms with Gasteiger partial charge >= 0.3 is 0 Å². The maximum absolute atomic E-state index is 13.0. The predicted molar refractivity (Wildman–Crippen MR) is 134 cm³/mol. The van der Waals surface area contributed by atoms with Crippen LogP contribution in [0.15, 0.2) is 76.0 Å². The Kier molecular flexibility index (Phi) is 5.66. The fourth-order valence-corrected chi connectivity index (χ4v) is 5.58. The van der Waals surface area contributed by atoms with E-state index in [0.717, 1.165) is 16.2 Å². The van der Waals surface area contributed by atoms with Crippen molar-refractivity contribution in [2.45, 2.75) is 16.2 Å². The fourth-order valence-electron chi connectivity index (χ4n) is 3.94. The van der Waals surface area contributed by atoms with Crippen molar-refractivity contribution in [3.8, 4) is 17.0 Å². The number of anilines is 1. The summed E-state index contributed by atoms with van der Waals surface area (Å²) < 4.78 is 31.5. The third kappa shape index (κ3) is 4.08. The standard InChI is InChI=1S/C25H21N3O4S2/c1-32-19-9-11-28-21(25(27-23(28)14-19)17-4-7-20(33-2)8-5-17)15-24(29)26-18-6-3-16-10-12-34(30,31)22(16)13-18/h3-14H,15H2,1-2H3,(H,26,29). The Morgan fingerprint density at radius 3 is 2.65 bits per heavy atom. The molecule has 3 heterocycles. The van der Waals surface area contributed by atoms with Crippen molar-refractivity contribution in [3.05, 3.63) is 77.5 Å². The molecule has 2 aromatic carbocycles. The molecule has 0 unspecified atom stereocenters. The molecule has 2 aromatic heterocycles. The molecule has 0 spiro atoms. The van der Waals surface area contributed by atoms with E-state index in [1.807, 2.05) is 53.3 Å². The Balaban J connectivity index is 1.49. The Labute approximate surface area is 201 Å². The van der Waals surface area contributed by atoms with Gasteiger partial charge in [0.05, 0.1) is 29.8 Å². The van der Waals surface area contributed by atoms with E-state index in [4.69, 9.17) is 9.72 Å². The fraction of sp³-hybridized carbons (Fsp3) is 0.120. The normalized spacial score (nSPS) is 13.7. The number of aromatic nitrogens is 2. The van der Waals surface area contributed by atoms with E-state index in [1.165, 1.54) is 11.5 Å². The summed E-state index contributed by atoms with van der Waals surface area (Å²) in [5.41, 5.74) is 4.04. The molecule has 4 aromatic rings. The van der Waals surface area contributed by atoms with Gasteiger partial charge in [0, 0.05) is 33.8 Å². The molecule has 1 amide bonds. The van der Waals surface area contributed by atoms with Crippen molar-refractivity contribution in [2.75, 3.05) is 18.7 Å². The number of pyridine rings is 1. The number of carbonyl (C=O) groups is 1. The summed E-state index contributed by atoms with van der Waals surface area (Å²) in [6.45, 7) is 0. The summed E-state index contributed by atoms with van der Waals surface area (Å²) in [5, 5.41) is 4.00. The van der Waals surface area contributed by atoms with Crippen LogP contribution in [-0.2, 0) is 21.1 Å². The smallest absolute Gasteiger partial charge is 0.230 e. The second-order valence-corrected chi connectivity index (χ2v) is 10.4. The lowest BCUT2D eigenvalue weighted by molar-refractivity contribution is -0.115. The van der Waals surface area contributed by atoms with Crippen LogP contribution < -0.4 is 10.1 Å². The number of nitrogens with zero attached hydrogens (tertiary/aromatic N) is 2. The van der Waals surface area contributed by atoms with Gasteiger partial charge in [-0.15, -0.1) is 11.8 Å². The van der Waals surface area contributed by atoms with Crippen LogP contribution in [0.4, 0.5) is 5.69 Å². The molecule has 1 aliphatic rings. The maximum atomic E-state index is 13.0. The molecule has 7 nitrogen and oxygen atoms in total. The predicted octanol–water partition coefficient (Wildman–Crippen LogP) is 4.67. The number of ether oxygens (including phenoxy) is 1. The minimum absolute atomic E-state index is 0.0508. The highest BCUT2D eigenvalue weighted by molar-refractivity contribution is 7.98. The van der Waals surface area contributed by atoms with Crippen LogP contribution in [0.25, 0.3) is 23.0 Å². The molecule has 0 aliphatic carbocycles. The molecule has 0 fully saturated rings. The number of carbonyl (C=O) groups excluding carboxylic acids is 1. The van der Waals surface area contributed by atoms with Gasteiger partial charge in [-0.1, -0.05) is 18.2 Å². The third-order valence-electron chi connectivity index (χ3n) is 5.65. The van der Waals surface area contributed by atoms with Crippen LogP contribution in [0.3, 0.4) is 0 Å². The molecule has 172 valence electrons. The molecule has 9 heteroatoms. The topological polar surface area (TPSA) is 89.8 Å². The van der Waals surface area contributed by atoms with Crippen LogP contribution >= 0.6 is 11.8 Å². The SMILES string of the molecule is COc1ccn2c(CC(=O)Nc3ccc4c(c3)S(=O)(=O)C=C4)c(-c3ccc(SC)cc3)nc2c1. The first-order chi connectivity index (χ1) is 16.4. The van der Waals surface area contributed by atoms with E-state index < -0.39 is 9.84 Å². The Morgan fingerprint density at radius 1 is 1.12 bits per heavy atom. The van der Waals surface area contributed by atoms with E-state index in [1.54, 1.807) is 37.1 Å². The highest BCUT2D eigenvalue weighted by atomic mass is 32.2. The summed E-state index contributed by atoms with van der Waals surface area (Å²) in [5.74, 6) is 0.397. The van der Waals surface area contributed by atoms with Crippen LogP contribution in [0, 0.1) is 0 Å². The number of imidazole rings is 1. The maximum Gasteiger partial charge on any atom is 0.230 e. The van der Waals surface area contributed by atoms with Crippen molar-refractivity contribution in [1.29, 1.82) is 0 Å². The molecule has 1 N–H and O–H groups in total. The first-order valence-corrected chi connectivity index (χ1v) is 13.2. The average molecular weight is 492 g/mol. The minimum atomic E-state index is -3.46. The van der Waals surface area contributed by atoms with Crippen LogP contribution in [-0.4, -0.2) is 37.1 Å². The van der Waals surface area contributed by atoms with E-state index in [-0.39, 0.29) is 17.2 Å². The molecule has 5 rings (SSSR count). The number of thioether (sulfide) groups is 1. The van der Waals surface area contributed by atoms with E-state index in [2.05, 4.69) is 5.32 Å². The van der Waals surface area contributed by atoms with Gasteiger partial charge < -0.3 is 14.5 Å². The molecular weight excluding hydrogens is 470 g/mol. The summed E-state index contributed by atoms with van der Waals surface area (Å²) in [6, 6.07) is 16.5. The van der Waals surface area contributed by atoms with Crippen molar-refractivity contribution >= 4 is 44.9 Å². The monoisotopic (exact) mass is 491 g/mol. The second kappa shape index (κ2) is 8.66. The highest BCUT2D eigenvalue weighted by Crippen LogP contribution is 2.31. The summed E-state index contributed by atoms with van der Waals surface area (Å²) >= 11 is 1.65. The van der Waals surface area contributed by atoms with Gasteiger partial charge in [0.15, 0.2) is 0 Å². The number of fused-ring (bicyclic) bond motifs is 2. The lowest BCUT2D eigenvalue weighted by atomic mass is 10.1. The van der Waals surface area contributed by atoms with Gasteiger partial charge in [-0.05, 0) is 48.2 Å². The number of sulfone groups is 1. The largest absolute Gasteiger partial charge is 0.497 e. The quantitative estimate of drug-likeness (QED) is 0.394. The zero-order valence-electron chi connectivity index (χ0n) is 18.5. The van der Waals surface area contributed by atoms with Gasteiger partial charge in [0.2, 0.25) is 15.7 Å². The molecule has 1 aliphatic heterocycles. The number of nitrogens with one attached hydrogen (secondary N) is 1. The first-order valence-electron chi connectivity index (χ1n) is 10.4. The van der Waals surface area contributed by atoms with Crippen LogP contribution in [0.5, 0.6) is 5.75 Å². The summed E-state index contributed by atoms with van der Waals surface area (Å²) in [4.78, 5) is 19.2. The van der Waals surface area contributed by atoms with Crippen molar-refractivity contribution in [2.24, 2.45) is 0 Å². The van der Waals surface area contributed by atoms with E-state index in [0.29, 0.717) is 28.3 Å². The second-order valence-electron chi connectivity index (χ2n) is 7.76. The van der Waals surface area contributed by atoms with E-state index >= 15 is 0 Å². The highest BCUT2D eigenvalue weighted by Gasteiger charge is 2.22. The molecule has 0 bridgehead atoms.